The molecule has 0 aromatic heterocycles. The van der Waals surface area contributed by atoms with E-state index in [1.54, 1.807) is 27.7 Å². The number of phenols is 2. The second-order valence-electron chi connectivity index (χ2n) is 16.3. The molecule has 316 valence electrons. The summed E-state index contributed by atoms with van der Waals surface area (Å²) in [7, 11) is 4.91. The molecule has 3 aliphatic heterocycles. The lowest BCUT2D eigenvalue weighted by atomic mass is 9.67. The number of likely N-dealkylation sites (N-methyl/N-ethyl adjacent to an activating group) is 1. The summed E-state index contributed by atoms with van der Waals surface area (Å²) in [5, 5.41) is 45.9. The third-order valence-electron chi connectivity index (χ3n) is 12.4. The number of ether oxygens (including phenoxy) is 7. The Labute approximate surface area is 336 Å². The van der Waals surface area contributed by atoms with Crippen LogP contribution in [0.15, 0.2) is 24.3 Å². The molecule has 0 saturated carbocycles. The number of rotatable bonds is 9. The fourth-order valence-electron chi connectivity index (χ4n) is 9.27. The summed E-state index contributed by atoms with van der Waals surface area (Å²) in [4.78, 5) is 55.0. The third kappa shape index (κ3) is 7.47. The van der Waals surface area contributed by atoms with Crippen LogP contribution in [0.4, 0.5) is 0 Å². The van der Waals surface area contributed by atoms with Gasteiger partial charge in [0.2, 0.25) is 5.78 Å². The Hall–Kier alpha value is -3.84. The molecular formula is C42H53NO15. The predicted octanol–water partition coefficient (Wildman–Crippen LogP) is 3.16. The Bertz CT molecular complexity index is 1940. The molecule has 7 rings (SSSR count). The number of phenolic OH excluding ortho intramolecular Hbond substituents is 2. The van der Waals surface area contributed by atoms with E-state index in [0.29, 0.717) is 12.8 Å². The number of fused-ring (bicyclic) bond motifs is 3. The Morgan fingerprint density at radius 1 is 0.897 bits per heavy atom. The predicted molar refractivity (Wildman–Crippen MR) is 201 cm³/mol. The molecule has 16 heteroatoms. The molecule has 5 aliphatic rings. The number of esters is 1. The van der Waals surface area contributed by atoms with E-state index in [1.165, 1.54) is 31.4 Å². The van der Waals surface area contributed by atoms with Crippen LogP contribution in [-0.4, -0.2) is 137 Å². The van der Waals surface area contributed by atoms with Crippen molar-refractivity contribution in [2.45, 2.75) is 145 Å². The number of benzene rings is 2. The Balaban J connectivity index is 1.13. The minimum Gasteiger partial charge on any atom is -0.507 e. The number of carbonyl (C=O) groups is 4. The molecule has 3 heterocycles. The lowest BCUT2D eigenvalue weighted by molar-refractivity contribution is -0.324. The molecule has 3 saturated heterocycles. The van der Waals surface area contributed by atoms with E-state index >= 15 is 0 Å². The molecule has 58 heavy (non-hydrogen) atoms. The minimum absolute atomic E-state index is 0.00573. The normalized spacial score (nSPS) is 36.3. The number of methoxy groups -OCH3 is 1. The number of aliphatic hydroxyl groups excluding tert-OH is 1. The number of carbonyl (C=O) groups excluding carboxylic acids is 4. The van der Waals surface area contributed by atoms with Gasteiger partial charge < -0.3 is 58.5 Å². The van der Waals surface area contributed by atoms with Gasteiger partial charge in [0.05, 0.1) is 48.3 Å². The van der Waals surface area contributed by atoms with E-state index in [2.05, 4.69) is 0 Å². The highest BCUT2D eigenvalue weighted by Gasteiger charge is 2.53. The van der Waals surface area contributed by atoms with Crippen molar-refractivity contribution in [1.29, 1.82) is 0 Å². The smallest absolute Gasteiger partial charge is 0.316 e. The zero-order valence-electron chi connectivity index (χ0n) is 33.7. The monoisotopic (exact) mass is 811 g/mol. The topological polar surface area (TPSA) is 217 Å². The van der Waals surface area contributed by atoms with Gasteiger partial charge in [0.25, 0.3) is 0 Å². The van der Waals surface area contributed by atoms with E-state index in [1.807, 2.05) is 19.0 Å². The first-order valence-electron chi connectivity index (χ1n) is 19.9. The molecule has 0 amide bonds. The van der Waals surface area contributed by atoms with Crippen molar-refractivity contribution >= 4 is 23.3 Å². The summed E-state index contributed by atoms with van der Waals surface area (Å²) in [5.41, 5.74) is -2.49. The number of ketones is 3. The number of hydrogen-bond donors (Lipinski definition) is 4. The summed E-state index contributed by atoms with van der Waals surface area (Å²) >= 11 is 0. The number of Topliss-reactive ketones (excluding diaryl/α,β-unsaturated/α-hetero) is 1. The first-order valence-corrected chi connectivity index (χ1v) is 19.9. The van der Waals surface area contributed by atoms with Crippen LogP contribution >= 0.6 is 0 Å². The number of aromatic hydroxyl groups is 2. The van der Waals surface area contributed by atoms with Gasteiger partial charge in [0, 0.05) is 54.8 Å². The molecule has 2 aromatic carbocycles. The Morgan fingerprint density at radius 3 is 2.21 bits per heavy atom. The van der Waals surface area contributed by atoms with Gasteiger partial charge in [-0.1, -0.05) is 19.1 Å². The molecular weight excluding hydrogens is 758 g/mol. The second kappa shape index (κ2) is 16.3. The van der Waals surface area contributed by atoms with Crippen LogP contribution in [0, 0.1) is 0 Å². The van der Waals surface area contributed by atoms with Crippen LogP contribution in [-0.2, 0) is 42.7 Å². The average Bonchev–Trinajstić information content (AvgIpc) is 3.17. The van der Waals surface area contributed by atoms with E-state index in [0.717, 1.165) is 0 Å². The first-order chi connectivity index (χ1) is 27.5. The summed E-state index contributed by atoms with van der Waals surface area (Å²) in [5.74, 6) is -4.59. The zero-order valence-corrected chi connectivity index (χ0v) is 33.7. The van der Waals surface area contributed by atoms with Crippen molar-refractivity contribution in [3.8, 4) is 11.5 Å². The molecule has 0 unspecified atom stereocenters. The highest BCUT2D eigenvalue weighted by atomic mass is 16.7. The fraction of sp³-hybridized carbons (Fsp3) is 0.619. The largest absolute Gasteiger partial charge is 0.507 e. The van der Waals surface area contributed by atoms with E-state index in [9.17, 15) is 39.6 Å². The molecule has 16 nitrogen and oxygen atoms in total. The van der Waals surface area contributed by atoms with Crippen molar-refractivity contribution in [2.75, 3.05) is 21.2 Å². The van der Waals surface area contributed by atoms with Crippen molar-refractivity contribution in [3.63, 3.8) is 0 Å². The van der Waals surface area contributed by atoms with E-state index in [4.69, 9.17) is 33.2 Å². The number of hydrogen-bond acceptors (Lipinski definition) is 16. The van der Waals surface area contributed by atoms with Gasteiger partial charge in [0.15, 0.2) is 30.4 Å². The molecule has 0 radical (unpaired) electrons. The van der Waals surface area contributed by atoms with Crippen LogP contribution in [0.3, 0.4) is 0 Å². The quantitative estimate of drug-likeness (QED) is 0.228. The van der Waals surface area contributed by atoms with Gasteiger partial charge in [-0.2, -0.15) is 0 Å². The summed E-state index contributed by atoms with van der Waals surface area (Å²) in [6.07, 6.45) is -6.64. The highest BCUT2D eigenvalue weighted by molar-refractivity contribution is 6.30. The SMILES string of the molecule is CC[C@]1(O)C[C@H](O[C@@H]2C[C@H](N(C)C)[C@H](O[C@@H]3C[C@H](O)[C@H](O[C@@H]4CCC(=O)[C@H](C)O4)[C@H](C)O3)[C@H](C)O2)c2c(cc3c(c2O)C(=O)c2c(O)cccc2C3=O)[C@H]1C(=O)OC. The van der Waals surface area contributed by atoms with Crippen LogP contribution < -0.4 is 0 Å². The molecule has 3 fully saturated rings. The van der Waals surface area contributed by atoms with Crippen LogP contribution in [0.1, 0.15) is 121 Å². The summed E-state index contributed by atoms with van der Waals surface area (Å²) in [6.45, 7) is 6.95. The van der Waals surface area contributed by atoms with Crippen LogP contribution in [0.2, 0.25) is 0 Å². The molecule has 2 aromatic rings. The van der Waals surface area contributed by atoms with Gasteiger partial charge in [-0.3, -0.25) is 19.2 Å². The van der Waals surface area contributed by atoms with Crippen LogP contribution in [0.5, 0.6) is 11.5 Å². The maximum atomic E-state index is 13.9. The van der Waals surface area contributed by atoms with Gasteiger partial charge in [-0.25, -0.2) is 0 Å². The molecule has 0 bridgehead atoms. The van der Waals surface area contributed by atoms with Crippen molar-refractivity contribution < 1.29 is 72.8 Å². The number of aliphatic hydroxyl groups is 2. The molecule has 0 spiro atoms. The summed E-state index contributed by atoms with van der Waals surface area (Å²) < 4.78 is 42.6. The lowest BCUT2D eigenvalue weighted by Gasteiger charge is -2.48. The van der Waals surface area contributed by atoms with Gasteiger partial charge >= 0.3 is 5.97 Å². The highest BCUT2D eigenvalue weighted by Crippen LogP contribution is 2.54. The second-order valence-corrected chi connectivity index (χ2v) is 16.3. The van der Waals surface area contributed by atoms with Crippen molar-refractivity contribution in [1.82, 2.24) is 4.90 Å². The molecule has 13 atom stereocenters. The maximum absolute atomic E-state index is 13.9. The minimum atomic E-state index is -1.76. The van der Waals surface area contributed by atoms with Gasteiger partial charge in [-0.05, 0) is 59.0 Å². The first kappa shape index (κ1) is 42.3. The van der Waals surface area contributed by atoms with Gasteiger partial charge in [0.1, 0.15) is 35.7 Å². The molecule has 4 N–H and O–H groups in total. The Morgan fingerprint density at radius 2 is 1.57 bits per heavy atom. The van der Waals surface area contributed by atoms with E-state index < -0.39 is 102 Å². The van der Waals surface area contributed by atoms with Gasteiger partial charge in [-0.15, -0.1) is 0 Å². The lowest BCUT2D eigenvalue weighted by Crippen LogP contribution is -2.58. The van der Waals surface area contributed by atoms with Crippen molar-refractivity contribution in [3.05, 3.63) is 57.6 Å². The number of nitrogens with zero attached hydrogens (tertiary/aromatic N) is 1. The van der Waals surface area contributed by atoms with Crippen molar-refractivity contribution in [2.24, 2.45) is 0 Å². The fourth-order valence-corrected chi connectivity index (χ4v) is 9.27. The van der Waals surface area contributed by atoms with Crippen LogP contribution in [0.25, 0.3) is 0 Å². The Kier molecular flexibility index (Phi) is 11.9. The van der Waals surface area contributed by atoms with E-state index in [-0.39, 0.29) is 70.9 Å². The zero-order chi connectivity index (χ0) is 42.0. The average molecular weight is 812 g/mol. The third-order valence-corrected chi connectivity index (χ3v) is 12.4. The standard InChI is InChI=1S/C42H53NO15/c1-8-42(51)17-28(33-22(35(42)41(50)52-7)14-23-34(38(33)49)37(48)32-21(36(23)47)10-9-11-26(32)45)56-30-15-24(43(5)6)39(19(3)54-30)58-31-16-27(46)40(20(4)55-31)57-29-13-12-25(44)18(2)53-29/h9-11,14,18-20,24,27-31,35,39-40,45-46,49,51H,8,12-13,15-17H2,1-7H3/t18-,19-,20-,24-,27-,28-,29+,30+,31+,35-,39+,40+,42-/m0/s1. The summed E-state index contributed by atoms with van der Waals surface area (Å²) in [6, 6.07) is 5.11. The molecule has 2 aliphatic carbocycles. The maximum Gasteiger partial charge on any atom is 0.316 e.